The van der Waals surface area contributed by atoms with Gasteiger partial charge in [-0.25, -0.2) is 4.79 Å². The Labute approximate surface area is 236 Å². The molecule has 0 saturated carbocycles. The molecule has 5 atom stereocenters. The van der Waals surface area contributed by atoms with E-state index in [1.54, 1.807) is 48.5 Å². The molecule has 40 heavy (non-hydrogen) atoms. The molecule has 0 aromatic heterocycles. The van der Waals surface area contributed by atoms with Gasteiger partial charge in [-0.15, -0.1) is 0 Å². The molecule has 214 valence electrons. The Hall–Kier alpha value is -4.06. The Morgan fingerprint density at radius 3 is 1.75 bits per heavy atom. The summed E-state index contributed by atoms with van der Waals surface area (Å²) in [5.41, 5.74) is 0.711. The summed E-state index contributed by atoms with van der Waals surface area (Å²) < 4.78 is 27.6. The first-order chi connectivity index (χ1) is 19.1. The summed E-state index contributed by atoms with van der Waals surface area (Å²) in [6.07, 6.45) is -4.87. The molecular formula is C28H31NO10S. The normalized spacial score (nSPS) is 22.0. The molecule has 1 aliphatic heterocycles. The second-order valence-corrected chi connectivity index (χ2v) is 10.1. The number of hydrogen-bond acceptors (Lipinski definition) is 11. The van der Waals surface area contributed by atoms with Gasteiger partial charge in [0, 0.05) is 32.6 Å². The van der Waals surface area contributed by atoms with Crippen LogP contribution >= 0.6 is 11.8 Å². The summed E-state index contributed by atoms with van der Waals surface area (Å²) >= 11 is 1.14. The highest BCUT2D eigenvalue weighted by molar-refractivity contribution is 8.00. The number of benzene rings is 2. The van der Waals surface area contributed by atoms with Gasteiger partial charge in [-0.05, 0) is 17.7 Å². The summed E-state index contributed by atoms with van der Waals surface area (Å²) in [6.45, 7) is 4.11. The largest absolute Gasteiger partial charge is 0.464 e. The number of piperidine rings is 1. The van der Waals surface area contributed by atoms with Crippen LogP contribution in [0.25, 0.3) is 0 Å². The number of carbonyl (C=O) groups excluding carboxylic acids is 5. The molecular weight excluding hydrogens is 542 g/mol. The first kappa shape index (κ1) is 30.5. The van der Waals surface area contributed by atoms with Crippen LogP contribution < -0.4 is 0 Å². The molecule has 11 nitrogen and oxygen atoms in total. The zero-order chi connectivity index (χ0) is 29.2. The van der Waals surface area contributed by atoms with Gasteiger partial charge in [0.25, 0.3) is 0 Å². The van der Waals surface area contributed by atoms with E-state index in [-0.39, 0.29) is 6.61 Å². The number of likely N-dealkylation sites (tertiary alicyclic amines) is 1. The minimum absolute atomic E-state index is 0.0942. The van der Waals surface area contributed by atoms with Gasteiger partial charge < -0.3 is 23.7 Å². The van der Waals surface area contributed by atoms with Crippen molar-refractivity contribution < 1.29 is 47.7 Å². The molecule has 0 N–H and O–H groups in total. The van der Waals surface area contributed by atoms with E-state index in [1.807, 2.05) is 12.1 Å². The van der Waals surface area contributed by atoms with Gasteiger partial charge in [0.1, 0.15) is 24.6 Å². The van der Waals surface area contributed by atoms with Crippen LogP contribution in [0.15, 0.2) is 65.6 Å². The lowest BCUT2D eigenvalue weighted by Crippen LogP contribution is -2.70. The smallest absolute Gasteiger partial charge is 0.411 e. The van der Waals surface area contributed by atoms with Crippen molar-refractivity contribution in [1.82, 2.24) is 4.90 Å². The third kappa shape index (κ3) is 8.47. The lowest BCUT2D eigenvalue weighted by atomic mass is 9.93. The molecule has 1 saturated heterocycles. The number of carbonyl (C=O) groups is 5. The van der Waals surface area contributed by atoms with E-state index in [0.29, 0.717) is 10.5 Å². The van der Waals surface area contributed by atoms with Crippen LogP contribution in [0, 0.1) is 0 Å². The fraction of sp³-hybridized carbons (Fsp3) is 0.393. The predicted molar refractivity (Wildman–Crippen MR) is 142 cm³/mol. The molecule has 1 fully saturated rings. The molecule has 0 unspecified atom stereocenters. The molecule has 3 rings (SSSR count). The van der Waals surface area contributed by atoms with Gasteiger partial charge in [0.15, 0.2) is 18.3 Å². The molecule has 1 heterocycles. The van der Waals surface area contributed by atoms with Crippen molar-refractivity contribution in [3.05, 3.63) is 66.2 Å². The van der Waals surface area contributed by atoms with Crippen LogP contribution in [0.4, 0.5) is 4.79 Å². The molecule has 0 bridgehead atoms. The number of amides is 1. The van der Waals surface area contributed by atoms with Gasteiger partial charge >= 0.3 is 30.0 Å². The van der Waals surface area contributed by atoms with E-state index >= 15 is 0 Å². The number of esters is 4. The maximum absolute atomic E-state index is 13.8. The third-order valence-electron chi connectivity index (χ3n) is 5.72. The Morgan fingerprint density at radius 2 is 1.20 bits per heavy atom. The predicted octanol–water partition coefficient (Wildman–Crippen LogP) is 3.48. The second kappa shape index (κ2) is 14.4. The summed E-state index contributed by atoms with van der Waals surface area (Å²) in [6, 6.07) is 16.7. The Kier molecular flexibility index (Phi) is 10.9. The zero-order valence-corrected chi connectivity index (χ0v) is 23.3. The third-order valence-corrected chi connectivity index (χ3v) is 7.00. The van der Waals surface area contributed by atoms with E-state index in [2.05, 4.69) is 0 Å². The van der Waals surface area contributed by atoms with Crippen molar-refractivity contribution in [1.29, 1.82) is 0 Å². The summed E-state index contributed by atoms with van der Waals surface area (Å²) in [5, 5.41) is -1.05. The van der Waals surface area contributed by atoms with Crippen LogP contribution in [-0.4, -0.2) is 71.2 Å². The Bertz CT molecular complexity index is 1190. The van der Waals surface area contributed by atoms with Gasteiger partial charge in [0.2, 0.25) is 0 Å². The highest BCUT2D eigenvalue weighted by Crippen LogP contribution is 2.40. The molecule has 0 radical (unpaired) electrons. The lowest BCUT2D eigenvalue weighted by Gasteiger charge is -2.50. The maximum Gasteiger partial charge on any atom is 0.411 e. The van der Waals surface area contributed by atoms with Crippen molar-refractivity contribution in [3.63, 3.8) is 0 Å². The van der Waals surface area contributed by atoms with Crippen molar-refractivity contribution in [2.45, 2.75) is 68.9 Å². The van der Waals surface area contributed by atoms with Crippen LogP contribution in [0.1, 0.15) is 33.3 Å². The zero-order valence-electron chi connectivity index (χ0n) is 22.5. The highest BCUT2D eigenvalue weighted by atomic mass is 32.2. The molecule has 0 spiro atoms. The molecule has 2 aromatic carbocycles. The van der Waals surface area contributed by atoms with Gasteiger partial charge in [-0.1, -0.05) is 60.3 Å². The first-order valence-electron chi connectivity index (χ1n) is 12.4. The fourth-order valence-corrected chi connectivity index (χ4v) is 5.52. The monoisotopic (exact) mass is 573 g/mol. The molecule has 0 aliphatic carbocycles. The van der Waals surface area contributed by atoms with Crippen molar-refractivity contribution >= 4 is 41.7 Å². The van der Waals surface area contributed by atoms with Crippen LogP contribution in [0.2, 0.25) is 0 Å². The van der Waals surface area contributed by atoms with E-state index in [4.69, 9.17) is 23.7 Å². The topological polar surface area (TPSA) is 135 Å². The maximum atomic E-state index is 13.8. The van der Waals surface area contributed by atoms with Crippen molar-refractivity contribution in [3.8, 4) is 0 Å². The number of rotatable bonds is 9. The molecule has 12 heteroatoms. The summed E-state index contributed by atoms with van der Waals surface area (Å²) in [4.78, 5) is 64.2. The molecule has 2 aromatic rings. The van der Waals surface area contributed by atoms with Gasteiger partial charge in [-0.2, -0.15) is 0 Å². The first-order valence-corrected chi connectivity index (χ1v) is 13.3. The van der Waals surface area contributed by atoms with Crippen LogP contribution in [0.5, 0.6) is 0 Å². The standard InChI is InChI=1S/C28H31NO10S/c1-17(30)35-16-23-24(37-18(2)31)25(38-19(3)32)26(39-20(4)33)27(40-22-13-9-6-10-14-22)29(23)28(34)36-15-21-11-7-5-8-12-21/h5-14,23-27H,15-16H2,1-4H3/t23-,24-,25+,26-,27-/m1/s1. The van der Waals surface area contributed by atoms with E-state index in [9.17, 15) is 24.0 Å². The van der Waals surface area contributed by atoms with Gasteiger partial charge in [0.05, 0.1) is 0 Å². The van der Waals surface area contributed by atoms with E-state index in [1.165, 1.54) is 18.7 Å². The summed E-state index contributed by atoms with van der Waals surface area (Å²) in [7, 11) is 0. The lowest BCUT2D eigenvalue weighted by molar-refractivity contribution is -0.207. The minimum atomic E-state index is -1.37. The SMILES string of the molecule is CC(=O)OC[C@@H]1[C@@H](OC(C)=O)[C@H](OC(C)=O)[C@@H](OC(C)=O)[C@@H](Sc2ccccc2)N1C(=O)OCc1ccccc1. The molecule has 1 amide bonds. The fourth-order valence-electron chi connectivity index (χ4n) is 4.23. The number of hydrogen-bond donors (Lipinski definition) is 0. The quantitative estimate of drug-likeness (QED) is 0.322. The highest BCUT2D eigenvalue weighted by Gasteiger charge is 2.57. The average molecular weight is 574 g/mol. The van der Waals surface area contributed by atoms with Crippen molar-refractivity contribution in [2.24, 2.45) is 0 Å². The number of thioether (sulfide) groups is 1. The minimum Gasteiger partial charge on any atom is -0.464 e. The average Bonchev–Trinajstić information content (AvgIpc) is 2.90. The van der Waals surface area contributed by atoms with Crippen molar-refractivity contribution in [2.75, 3.05) is 6.61 Å². The van der Waals surface area contributed by atoms with E-state index < -0.39 is 66.3 Å². The second-order valence-electron chi connectivity index (χ2n) is 8.86. The summed E-state index contributed by atoms with van der Waals surface area (Å²) in [5.74, 6) is -2.88. The number of nitrogens with zero attached hydrogens (tertiary/aromatic N) is 1. The molecule has 1 aliphatic rings. The van der Waals surface area contributed by atoms with Gasteiger partial charge in [-0.3, -0.25) is 24.1 Å². The Balaban J connectivity index is 2.14. The van der Waals surface area contributed by atoms with E-state index in [0.717, 1.165) is 25.6 Å². The van der Waals surface area contributed by atoms with Crippen LogP contribution in [0.3, 0.4) is 0 Å². The van der Waals surface area contributed by atoms with Crippen LogP contribution in [-0.2, 0) is 49.5 Å². The Morgan fingerprint density at radius 1 is 0.675 bits per heavy atom. The number of ether oxygens (including phenoxy) is 5.